The van der Waals surface area contributed by atoms with Crippen LogP contribution in [-0.4, -0.2) is 23.1 Å². The quantitative estimate of drug-likeness (QED) is 0.790. The van der Waals surface area contributed by atoms with Crippen LogP contribution >= 0.6 is 0 Å². The summed E-state index contributed by atoms with van der Waals surface area (Å²) in [6, 6.07) is 0. The first-order chi connectivity index (χ1) is 8.16. The molecule has 1 atom stereocenters. The van der Waals surface area contributed by atoms with E-state index in [1.807, 2.05) is 26.2 Å². The standard InChI is InChI=1S/C13H23N3O/c1-5-13(4,17-7-3)12-15-9-11(10-16-12)8-14-6-2/h9-10,14H,5-8H2,1-4H3. The summed E-state index contributed by atoms with van der Waals surface area (Å²) in [5, 5.41) is 3.25. The Labute approximate surface area is 104 Å². The molecule has 0 spiro atoms. The van der Waals surface area contributed by atoms with E-state index < -0.39 is 0 Å². The minimum absolute atomic E-state index is 0.370. The van der Waals surface area contributed by atoms with Gasteiger partial charge in [0, 0.05) is 31.1 Å². The van der Waals surface area contributed by atoms with Gasteiger partial charge in [0.2, 0.25) is 0 Å². The molecular formula is C13H23N3O. The zero-order valence-corrected chi connectivity index (χ0v) is 11.3. The molecule has 0 aliphatic heterocycles. The summed E-state index contributed by atoms with van der Waals surface area (Å²) < 4.78 is 5.75. The molecule has 1 heterocycles. The van der Waals surface area contributed by atoms with Crippen molar-refractivity contribution >= 4 is 0 Å². The summed E-state index contributed by atoms with van der Waals surface area (Å²) in [5.74, 6) is 0.766. The van der Waals surface area contributed by atoms with Crippen molar-refractivity contribution in [2.45, 2.75) is 46.3 Å². The van der Waals surface area contributed by atoms with Gasteiger partial charge in [-0.25, -0.2) is 9.97 Å². The molecule has 1 aromatic rings. The fraction of sp³-hybridized carbons (Fsp3) is 0.692. The molecule has 0 saturated carbocycles. The van der Waals surface area contributed by atoms with Gasteiger partial charge in [0.15, 0.2) is 5.82 Å². The second-order valence-corrected chi connectivity index (χ2v) is 4.21. The van der Waals surface area contributed by atoms with Crippen LogP contribution in [0.5, 0.6) is 0 Å². The van der Waals surface area contributed by atoms with Crippen molar-refractivity contribution in [2.24, 2.45) is 0 Å². The number of nitrogens with zero attached hydrogens (tertiary/aromatic N) is 2. The number of ether oxygens (including phenoxy) is 1. The third-order valence-electron chi connectivity index (χ3n) is 2.90. The minimum atomic E-state index is -0.370. The lowest BCUT2D eigenvalue weighted by Crippen LogP contribution is -2.28. The van der Waals surface area contributed by atoms with Crippen molar-refractivity contribution in [1.29, 1.82) is 0 Å². The van der Waals surface area contributed by atoms with Crippen LogP contribution in [0.15, 0.2) is 12.4 Å². The molecule has 4 heteroatoms. The molecule has 4 nitrogen and oxygen atoms in total. The van der Waals surface area contributed by atoms with E-state index in [9.17, 15) is 0 Å². The summed E-state index contributed by atoms with van der Waals surface area (Å²) in [7, 11) is 0. The Morgan fingerprint density at radius 2 is 1.88 bits per heavy atom. The Balaban J connectivity index is 2.77. The van der Waals surface area contributed by atoms with E-state index in [0.717, 1.165) is 30.9 Å². The van der Waals surface area contributed by atoms with Crippen LogP contribution in [-0.2, 0) is 16.9 Å². The molecule has 1 N–H and O–H groups in total. The fourth-order valence-electron chi connectivity index (χ4n) is 1.63. The van der Waals surface area contributed by atoms with Gasteiger partial charge in [-0.2, -0.15) is 0 Å². The van der Waals surface area contributed by atoms with E-state index in [0.29, 0.717) is 6.61 Å². The number of nitrogens with one attached hydrogen (secondary N) is 1. The van der Waals surface area contributed by atoms with Crippen molar-refractivity contribution in [2.75, 3.05) is 13.2 Å². The first-order valence-corrected chi connectivity index (χ1v) is 6.32. The summed E-state index contributed by atoms with van der Waals surface area (Å²) >= 11 is 0. The zero-order chi connectivity index (χ0) is 12.7. The monoisotopic (exact) mass is 237 g/mol. The average Bonchev–Trinajstić information content (AvgIpc) is 2.37. The van der Waals surface area contributed by atoms with Crippen LogP contribution in [0.4, 0.5) is 0 Å². The van der Waals surface area contributed by atoms with Crippen molar-refractivity contribution in [3.63, 3.8) is 0 Å². The lowest BCUT2D eigenvalue weighted by molar-refractivity contribution is -0.0390. The van der Waals surface area contributed by atoms with E-state index in [-0.39, 0.29) is 5.60 Å². The SMILES string of the molecule is CCNCc1cnc(C(C)(CC)OCC)nc1. The third kappa shape index (κ3) is 3.75. The summed E-state index contributed by atoms with van der Waals surface area (Å²) in [6.07, 6.45) is 4.61. The Kier molecular flexibility index (Phi) is 5.51. The van der Waals surface area contributed by atoms with E-state index in [1.54, 1.807) is 0 Å². The summed E-state index contributed by atoms with van der Waals surface area (Å²) in [6.45, 7) is 10.6. The Hall–Kier alpha value is -1.00. The second kappa shape index (κ2) is 6.67. The van der Waals surface area contributed by atoms with E-state index in [4.69, 9.17) is 4.74 Å². The molecule has 0 bridgehead atoms. The Morgan fingerprint density at radius 3 is 2.35 bits per heavy atom. The van der Waals surface area contributed by atoms with Crippen molar-refractivity contribution in [3.05, 3.63) is 23.8 Å². The molecule has 17 heavy (non-hydrogen) atoms. The molecule has 0 radical (unpaired) electrons. The van der Waals surface area contributed by atoms with Gasteiger partial charge in [0.1, 0.15) is 5.60 Å². The molecule has 1 rings (SSSR count). The Bertz CT molecular complexity index is 326. The first kappa shape index (κ1) is 14.1. The molecule has 0 aliphatic rings. The first-order valence-electron chi connectivity index (χ1n) is 6.32. The topological polar surface area (TPSA) is 47.0 Å². The van der Waals surface area contributed by atoms with E-state index in [1.165, 1.54) is 0 Å². The maximum atomic E-state index is 5.75. The molecule has 0 aromatic carbocycles. The Morgan fingerprint density at radius 1 is 1.24 bits per heavy atom. The number of aromatic nitrogens is 2. The van der Waals surface area contributed by atoms with Gasteiger partial charge in [-0.05, 0) is 26.8 Å². The van der Waals surface area contributed by atoms with Gasteiger partial charge in [-0.1, -0.05) is 13.8 Å². The van der Waals surface area contributed by atoms with Crippen LogP contribution in [0.2, 0.25) is 0 Å². The molecule has 0 amide bonds. The normalized spacial score (nSPS) is 14.6. The number of hydrogen-bond donors (Lipinski definition) is 1. The second-order valence-electron chi connectivity index (χ2n) is 4.21. The number of rotatable bonds is 7. The summed E-state index contributed by atoms with van der Waals surface area (Å²) in [4.78, 5) is 8.83. The molecule has 96 valence electrons. The molecule has 0 aliphatic carbocycles. The maximum absolute atomic E-state index is 5.75. The molecular weight excluding hydrogens is 214 g/mol. The zero-order valence-electron chi connectivity index (χ0n) is 11.3. The predicted molar refractivity (Wildman–Crippen MR) is 68.7 cm³/mol. The molecule has 1 aromatic heterocycles. The lowest BCUT2D eigenvalue weighted by Gasteiger charge is -2.26. The maximum Gasteiger partial charge on any atom is 0.159 e. The molecule has 0 saturated heterocycles. The average molecular weight is 237 g/mol. The smallest absolute Gasteiger partial charge is 0.159 e. The highest BCUT2D eigenvalue weighted by Gasteiger charge is 2.27. The predicted octanol–water partition coefficient (Wildman–Crippen LogP) is 2.25. The minimum Gasteiger partial charge on any atom is -0.368 e. The van der Waals surface area contributed by atoms with Crippen LogP contribution in [0, 0.1) is 0 Å². The number of hydrogen-bond acceptors (Lipinski definition) is 4. The van der Waals surface area contributed by atoms with Crippen molar-refractivity contribution in [1.82, 2.24) is 15.3 Å². The van der Waals surface area contributed by atoms with Crippen LogP contribution in [0.25, 0.3) is 0 Å². The van der Waals surface area contributed by atoms with Gasteiger partial charge in [-0.3, -0.25) is 0 Å². The molecule has 1 unspecified atom stereocenters. The van der Waals surface area contributed by atoms with Gasteiger partial charge in [0.25, 0.3) is 0 Å². The van der Waals surface area contributed by atoms with Crippen LogP contribution in [0.3, 0.4) is 0 Å². The van der Waals surface area contributed by atoms with Gasteiger partial charge in [-0.15, -0.1) is 0 Å². The van der Waals surface area contributed by atoms with Gasteiger partial charge >= 0.3 is 0 Å². The summed E-state index contributed by atoms with van der Waals surface area (Å²) in [5.41, 5.74) is 0.733. The largest absolute Gasteiger partial charge is 0.368 e. The fourth-order valence-corrected chi connectivity index (χ4v) is 1.63. The van der Waals surface area contributed by atoms with Crippen LogP contribution in [0.1, 0.15) is 45.5 Å². The van der Waals surface area contributed by atoms with E-state index >= 15 is 0 Å². The van der Waals surface area contributed by atoms with Crippen LogP contribution < -0.4 is 5.32 Å². The highest BCUT2D eigenvalue weighted by Crippen LogP contribution is 2.25. The van der Waals surface area contributed by atoms with Gasteiger partial charge < -0.3 is 10.1 Å². The van der Waals surface area contributed by atoms with Gasteiger partial charge in [0.05, 0.1) is 0 Å². The highest BCUT2D eigenvalue weighted by molar-refractivity contribution is 5.08. The van der Waals surface area contributed by atoms with E-state index in [2.05, 4.69) is 29.1 Å². The lowest BCUT2D eigenvalue weighted by atomic mass is 10.0. The highest BCUT2D eigenvalue weighted by atomic mass is 16.5. The molecule has 0 fully saturated rings. The van der Waals surface area contributed by atoms with Crippen molar-refractivity contribution < 1.29 is 4.74 Å². The van der Waals surface area contributed by atoms with Crippen molar-refractivity contribution in [3.8, 4) is 0 Å². The third-order valence-corrected chi connectivity index (χ3v) is 2.90.